The molecular formula is C17H31IO3Si. The van der Waals surface area contributed by atoms with Crippen LogP contribution in [0.3, 0.4) is 0 Å². The van der Waals surface area contributed by atoms with E-state index in [4.69, 9.17) is 9.16 Å². The molecule has 0 saturated carbocycles. The normalized spacial score (nSPS) is 15.5. The predicted molar refractivity (Wildman–Crippen MR) is 105 cm³/mol. The van der Waals surface area contributed by atoms with E-state index in [-0.39, 0.29) is 17.1 Å². The summed E-state index contributed by atoms with van der Waals surface area (Å²) in [5.74, 6) is -0.261. The molecule has 1 atom stereocenters. The first-order chi connectivity index (χ1) is 9.66. The molecule has 0 unspecified atom stereocenters. The van der Waals surface area contributed by atoms with Gasteiger partial charge in [0, 0.05) is 3.58 Å². The van der Waals surface area contributed by atoms with Crippen LogP contribution in [0.15, 0.2) is 21.8 Å². The number of methoxy groups -OCH3 is 1. The van der Waals surface area contributed by atoms with Crippen LogP contribution in [-0.4, -0.2) is 27.5 Å². The van der Waals surface area contributed by atoms with Crippen LogP contribution in [0.4, 0.5) is 0 Å². The van der Waals surface area contributed by atoms with Gasteiger partial charge >= 0.3 is 5.97 Å². The summed E-state index contributed by atoms with van der Waals surface area (Å²) >= 11 is 2.17. The molecule has 0 fully saturated rings. The Balaban J connectivity index is 5.85. The summed E-state index contributed by atoms with van der Waals surface area (Å²) in [4.78, 5) is 12.3. The van der Waals surface area contributed by atoms with Crippen LogP contribution in [0, 0.1) is 5.41 Å². The van der Waals surface area contributed by atoms with Gasteiger partial charge in [-0.3, -0.25) is 4.79 Å². The fourth-order valence-electron chi connectivity index (χ4n) is 1.97. The minimum atomic E-state index is -2.03. The van der Waals surface area contributed by atoms with Crippen LogP contribution < -0.4 is 0 Å². The number of carbonyl (C=O) groups excluding carboxylic acids is 1. The Hall–Kier alpha value is -0.143. The highest BCUT2D eigenvalue weighted by Gasteiger charge is 2.46. The summed E-state index contributed by atoms with van der Waals surface area (Å²) in [5, 5.41) is 0.0685. The van der Waals surface area contributed by atoms with E-state index in [0.717, 1.165) is 9.15 Å². The number of hydrogen-bond donors (Lipinski definition) is 0. The Labute approximate surface area is 150 Å². The zero-order valence-electron chi connectivity index (χ0n) is 15.5. The molecule has 0 aliphatic carbocycles. The van der Waals surface area contributed by atoms with E-state index >= 15 is 0 Å². The summed E-state index contributed by atoms with van der Waals surface area (Å²) in [7, 11) is -0.611. The van der Waals surface area contributed by atoms with Crippen molar-refractivity contribution >= 4 is 36.9 Å². The van der Waals surface area contributed by atoms with Gasteiger partial charge in [-0.1, -0.05) is 27.4 Å². The Bertz CT molecular complexity index is 459. The number of ether oxygens (including phenoxy) is 1. The molecule has 3 nitrogen and oxygen atoms in total. The highest BCUT2D eigenvalue weighted by molar-refractivity contribution is 14.1. The van der Waals surface area contributed by atoms with Crippen LogP contribution in [0.5, 0.6) is 0 Å². The van der Waals surface area contributed by atoms with Crippen molar-refractivity contribution in [2.75, 3.05) is 7.11 Å². The molecule has 0 aromatic heterocycles. The molecule has 0 saturated heterocycles. The van der Waals surface area contributed by atoms with Gasteiger partial charge in [0.1, 0.15) is 0 Å². The van der Waals surface area contributed by atoms with Crippen LogP contribution in [0.1, 0.15) is 41.5 Å². The van der Waals surface area contributed by atoms with Crippen LogP contribution in [0.25, 0.3) is 0 Å². The molecule has 0 aliphatic rings. The number of halogens is 1. The Kier molecular flexibility index (Phi) is 7.57. The first kappa shape index (κ1) is 21.9. The fraction of sp³-hybridized carbons (Fsp3) is 0.706. The Morgan fingerprint density at radius 3 is 2.00 bits per heavy atom. The molecule has 5 heteroatoms. The molecule has 0 aromatic carbocycles. The number of carbonyl (C=O) groups is 1. The maximum absolute atomic E-state index is 12.3. The van der Waals surface area contributed by atoms with Gasteiger partial charge in [-0.2, -0.15) is 0 Å². The van der Waals surface area contributed by atoms with E-state index in [2.05, 4.69) is 63.0 Å². The van der Waals surface area contributed by atoms with Gasteiger partial charge in [-0.15, -0.1) is 0 Å². The van der Waals surface area contributed by atoms with Crippen molar-refractivity contribution in [1.29, 1.82) is 0 Å². The fourth-order valence-corrected chi connectivity index (χ4v) is 3.89. The van der Waals surface area contributed by atoms with Gasteiger partial charge < -0.3 is 9.16 Å². The molecule has 0 spiro atoms. The molecule has 22 heavy (non-hydrogen) atoms. The molecule has 0 aliphatic heterocycles. The summed E-state index contributed by atoms with van der Waals surface area (Å²) in [6.45, 7) is 20.6. The molecule has 0 N–H and O–H groups in total. The first-order valence-electron chi connectivity index (χ1n) is 7.45. The van der Waals surface area contributed by atoms with Gasteiger partial charge in [0.25, 0.3) is 0 Å². The lowest BCUT2D eigenvalue weighted by Gasteiger charge is -2.43. The number of esters is 1. The molecule has 0 heterocycles. The van der Waals surface area contributed by atoms with Gasteiger partial charge in [-0.25, -0.2) is 0 Å². The maximum Gasteiger partial charge on any atom is 0.314 e. The lowest BCUT2D eigenvalue weighted by molar-refractivity contribution is -0.155. The zero-order valence-corrected chi connectivity index (χ0v) is 18.6. The average Bonchev–Trinajstić information content (AvgIpc) is 2.32. The molecule has 0 radical (unpaired) electrons. The van der Waals surface area contributed by atoms with E-state index in [0.29, 0.717) is 0 Å². The van der Waals surface area contributed by atoms with Crippen molar-refractivity contribution in [3.63, 3.8) is 0 Å². The Morgan fingerprint density at radius 2 is 1.68 bits per heavy atom. The number of allylic oxidation sites excluding steroid dienone is 2. The SMILES string of the molecule is C=C(I)/C=C(\C)[C@@H](O[Si](C)(C)C(C)(C)C)C(C)(C)C(=O)OC. The largest absolute Gasteiger partial charge is 0.469 e. The van der Waals surface area contributed by atoms with Crippen molar-refractivity contribution in [2.45, 2.75) is 65.8 Å². The molecule has 0 amide bonds. The average molecular weight is 438 g/mol. The second kappa shape index (κ2) is 7.62. The second-order valence-electron chi connectivity index (χ2n) is 7.81. The summed E-state index contributed by atoms with van der Waals surface area (Å²) in [5.41, 5.74) is 0.247. The zero-order chi connectivity index (χ0) is 17.9. The quantitative estimate of drug-likeness (QED) is 0.239. The molecule has 0 bridgehead atoms. The van der Waals surface area contributed by atoms with Crippen molar-refractivity contribution in [3.05, 3.63) is 21.8 Å². The van der Waals surface area contributed by atoms with Gasteiger partial charge in [0.05, 0.1) is 18.6 Å². The van der Waals surface area contributed by atoms with Crippen molar-refractivity contribution < 1.29 is 14.0 Å². The minimum absolute atomic E-state index is 0.0685. The minimum Gasteiger partial charge on any atom is -0.469 e. The second-order valence-corrected chi connectivity index (χ2v) is 13.9. The summed E-state index contributed by atoms with van der Waals surface area (Å²) in [6, 6.07) is 0. The van der Waals surface area contributed by atoms with Crippen molar-refractivity contribution in [3.8, 4) is 0 Å². The van der Waals surface area contributed by atoms with E-state index in [1.807, 2.05) is 26.8 Å². The van der Waals surface area contributed by atoms with E-state index in [1.54, 1.807) is 0 Å². The first-order valence-corrected chi connectivity index (χ1v) is 11.4. The van der Waals surface area contributed by atoms with Gasteiger partial charge in [0.15, 0.2) is 8.32 Å². The van der Waals surface area contributed by atoms with Crippen LogP contribution in [0.2, 0.25) is 18.1 Å². The van der Waals surface area contributed by atoms with Crippen molar-refractivity contribution in [1.82, 2.24) is 0 Å². The third-order valence-corrected chi connectivity index (χ3v) is 9.13. The Morgan fingerprint density at radius 1 is 1.23 bits per heavy atom. The van der Waals surface area contributed by atoms with E-state index in [1.165, 1.54) is 7.11 Å². The van der Waals surface area contributed by atoms with Crippen molar-refractivity contribution in [2.24, 2.45) is 5.41 Å². The summed E-state index contributed by atoms with van der Waals surface area (Å²) in [6.07, 6.45) is 1.65. The van der Waals surface area contributed by atoms with Crippen LogP contribution in [-0.2, 0) is 14.0 Å². The van der Waals surface area contributed by atoms with Crippen LogP contribution >= 0.6 is 22.6 Å². The molecular weight excluding hydrogens is 407 g/mol. The number of hydrogen-bond acceptors (Lipinski definition) is 3. The van der Waals surface area contributed by atoms with E-state index < -0.39 is 13.7 Å². The maximum atomic E-state index is 12.3. The summed E-state index contributed by atoms with van der Waals surface area (Å²) < 4.78 is 12.5. The topological polar surface area (TPSA) is 35.5 Å². The lowest BCUT2D eigenvalue weighted by Crippen LogP contribution is -2.50. The number of rotatable bonds is 6. The monoisotopic (exact) mass is 438 g/mol. The van der Waals surface area contributed by atoms with Gasteiger partial charge in [0.2, 0.25) is 0 Å². The molecule has 0 rings (SSSR count). The lowest BCUT2D eigenvalue weighted by atomic mass is 9.83. The molecule has 128 valence electrons. The smallest absolute Gasteiger partial charge is 0.314 e. The predicted octanol–water partition coefficient (Wildman–Crippen LogP) is 5.47. The molecule has 0 aromatic rings. The third-order valence-electron chi connectivity index (χ3n) is 4.38. The van der Waals surface area contributed by atoms with E-state index in [9.17, 15) is 4.79 Å². The highest BCUT2D eigenvalue weighted by atomic mass is 127. The van der Waals surface area contributed by atoms with Gasteiger partial charge in [-0.05, 0) is 73.1 Å². The third kappa shape index (κ3) is 5.49. The standard InChI is InChI=1S/C17H31IO3Si/c1-12(11-13(2)18)14(17(6,7)15(19)20-8)21-22(9,10)16(3,4)5/h11,14H,2H2,1,3-10H3/b12-11+/t14-/m1/s1. The highest BCUT2D eigenvalue weighted by Crippen LogP contribution is 2.41.